The lowest BCUT2D eigenvalue weighted by Gasteiger charge is -2.36. The molecule has 2 fully saturated rings. The minimum Gasteiger partial charge on any atom is -0.487 e. The Balaban J connectivity index is 0.900. The van der Waals surface area contributed by atoms with E-state index in [-0.39, 0.29) is 69.7 Å². The number of sulfonamides is 1. The van der Waals surface area contributed by atoms with Crippen LogP contribution in [0.4, 0.5) is 0 Å². The number of fused-ring (bicyclic) bond motifs is 2. The monoisotopic (exact) mass is 1640 g/mol. The Labute approximate surface area is 689 Å². The van der Waals surface area contributed by atoms with Crippen molar-refractivity contribution in [3.05, 3.63) is 204 Å². The second-order valence-corrected chi connectivity index (χ2v) is 34.6. The maximum Gasteiger partial charge on any atom is 0.326 e. The zero-order chi connectivity index (χ0) is 85.2. The van der Waals surface area contributed by atoms with Gasteiger partial charge in [0.25, 0.3) is 10.0 Å². The minimum atomic E-state index is -4.56. The number of pyridine rings is 1. The SMILES string of the molecule is CN[C@@H](C)C(=O)N[C@H](C(=O)N1C[C@@H]2C[C@H]1C(=O)N[C@@H](Cc1ccc3ccccc3c1)C(=O)C[C@H](C(=O)NS(=O)(=O)c1ccncc1)Cc1ccc(cc1)OCc1cn(nn1)[C@H]1C[C@@H](C(=O)N[C@@H](Cc3ccc4ccccc4c3)C(=O)N[C@H](C(=O)O)Cc3ccc(cc3)OCc3cn2nn3)N(C(=O)[C@@H](NC(=O)[C@H](C)NC)C(C)(C)C)C1)C(C)(C)C. The van der Waals surface area contributed by atoms with Crippen molar-refractivity contribution in [2.45, 2.75) is 185 Å². The number of carboxylic acid groups (broad SMARTS) is 1. The van der Waals surface area contributed by atoms with E-state index in [0.717, 1.165) is 21.5 Å². The van der Waals surface area contributed by atoms with Crippen molar-refractivity contribution in [1.29, 1.82) is 0 Å². The lowest BCUT2D eigenvalue weighted by Crippen LogP contribution is -2.60. The van der Waals surface area contributed by atoms with Gasteiger partial charge in [-0.25, -0.2) is 27.3 Å². The first-order valence-electron chi connectivity index (χ1n) is 39.6. The molecule has 0 radical (unpaired) electrons. The number of nitrogens with one attached hydrogen (secondary N) is 8. The highest BCUT2D eigenvalue weighted by molar-refractivity contribution is 7.90. The van der Waals surface area contributed by atoms with E-state index in [1.54, 1.807) is 136 Å². The molecular weight excluding hydrogens is 1540 g/mol. The van der Waals surface area contributed by atoms with Crippen LogP contribution in [0.25, 0.3) is 21.5 Å². The van der Waals surface area contributed by atoms with Crippen molar-refractivity contribution in [1.82, 2.24) is 86.7 Å². The number of benzene rings is 6. The van der Waals surface area contributed by atoms with Gasteiger partial charge in [-0.05, 0) is 132 Å². The molecule has 9 N–H and O–H groups in total. The van der Waals surface area contributed by atoms with Crippen LogP contribution in [0.5, 0.6) is 11.5 Å². The quantitative estimate of drug-likeness (QED) is 0.0600. The summed E-state index contributed by atoms with van der Waals surface area (Å²) < 4.78 is 45.6. The Hall–Kier alpha value is -12.4. The van der Waals surface area contributed by atoms with Crippen LogP contribution < -0.4 is 51.4 Å². The summed E-state index contributed by atoms with van der Waals surface area (Å²) in [5, 5.41) is 52.2. The molecule has 12 atom stereocenters. The number of hydrogen-bond acceptors (Lipinski definition) is 21. The number of hydrogen-bond donors (Lipinski definition) is 9. The van der Waals surface area contributed by atoms with Gasteiger partial charge in [0.05, 0.1) is 47.5 Å². The summed E-state index contributed by atoms with van der Waals surface area (Å²) in [5.74, 6) is -8.34. The number of carbonyl (C=O) groups is 10. The summed E-state index contributed by atoms with van der Waals surface area (Å²) in [6.45, 7) is 13.4. The maximum absolute atomic E-state index is 15.6. The van der Waals surface area contributed by atoms with Gasteiger partial charge in [-0.3, -0.25) is 48.1 Å². The van der Waals surface area contributed by atoms with Gasteiger partial charge in [-0.15, -0.1) is 10.2 Å². The zero-order valence-corrected chi connectivity index (χ0v) is 68.8. The first kappa shape index (κ1) is 86.0. The van der Waals surface area contributed by atoms with Crippen molar-refractivity contribution >= 4 is 90.6 Å². The average Bonchev–Trinajstić information content (AvgIpc) is 1.65. The van der Waals surface area contributed by atoms with Crippen LogP contribution in [0.1, 0.15) is 120 Å². The third-order valence-electron chi connectivity index (χ3n) is 22.1. The third kappa shape index (κ3) is 21.3. The van der Waals surface area contributed by atoms with Crippen LogP contribution in [0.15, 0.2) is 175 Å². The number of ketones is 1. The lowest BCUT2D eigenvalue weighted by molar-refractivity contribution is -0.145. The molecule has 6 aliphatic heterocycles. The highest BCUT2D eigenvalue weighted by Gasteiger charge is 2.49. The number of nitrogens with zero attached hydrogens (tertiary/aromatic N) is 9. The molecule has 32 nitrogen and oxygen atoms in total. The number of likely N-dealkylation sites (tertiary alicyclic amines) is 2. The van der Waals surface area contributed by atoms with Crippen LogP contribution in [0, 0.1) is 16.7 Å². The molecular formula is C86H101N17O15S. The topological polar surface area (TPSA) is 421 Å². The Morgan fingerprint density at radius 3 is 1.43 bits per heavy atom. The molecule has 15 rings (SSSR count). The number of rotatable bonds is 16. The molecule has 119 heavy (non-hydrogen) atoms. The van der Waals surface area contributed by atoms with Crippen LogP contribution >= 0.6 is 0 Å². The summed E-state index contributed by atoms with van der Waals surface area (Å²) >= 11 is 0. The molecule has 12 bridgehead atoms. The van der Waals surface area contributed by atoms with Gasteiger partial charge in [0.1, 0.15) is 72.4 Å². The van der Waals surface area contributed by atoms with E-state index in [9.17, 15) is 37.5 Å². The summed E-state index contributed by atoms with van der Waals surface area (Å²) in [6.07, 6.45) is 4.26. The van der Waals surface area contributed by atoms with E-state index in [4.69, 9.17) is 9.47 Å². The predicted molar refractivity (Wildman–Crippen MR) is 439 cm³/mol. The van der Waals surface area contributed by atoms with E-state index in [1.165, 1.54) is 43.7 Å². The Kier molecular flexibility index (Phi) is 26.8. The molecule has 33 heteroatoms. The summed E-state index contributed by atoms with van der Waals surface area (Å²) in [5.41, 5.74) is 0.982. The molecule has 0 spiro atoms. The highest BCUT2D eigenvalue weighted by atomic mass is 32.2. The van der Waals surface area contributed by atoms with Gasteiger partial charge in [0.15, 0.2) is 5.78 Å². The Morgan fingerprint density at radius 2 is 0.983 bits per heavy atom. The number of aliphatic carboxylic acids is 1. The largest absolute Gasteiger partial charge is 0.487 e. The summed E-state index contributed by atoms with van der Waals surface area (Å²) in [6, 6.07) is 29.4. The first-order chi connectivity index (χ1) is 56.7. The number of Topliss-reactive ketones (excluding diaryl/α,β-unsaturated/α-hetero) is 1. The van der Waals surface area contributed by atoms with E-state index in [2.05, 4.69) is 67.5 Å². The second kappa shape index (κ2) is 37.1. The van der Waals surface area contributed by atoms with Crippen LogP contribution in [-0.4, -0.2) is 199 Å². The number of aromatic nitrogens is 7. The Morgan fingerprint density at radius 1 is 0.546 bits per heavy atom. The molecule has 9 heterocycles. The molecule has 0 aliphatic carbocycles. The van der Waals surface area contributed by atoms with Gasteiger partial charge in [-0.1, -0.05) is 161 Å². The van der Waals surface area contributed by atoms with E-state index >= 15 is 24.0 Å². The van der Waals surface area contributed by atoms with Crippen molar-refractivity contribution in [3.63, 3.8) is 0 Å². The molecule has 8 amide bonds. The van der Waals surface area contributed by atoms with Crippen molar-refractivity contribution in [3.8, 4) is 11.5 Å². The smallest absolute Gasteiger partial charge is 0.326 e. The fourth-order valence-corrected chi connectivity index (χ4v) is 15.9. The fraction of sp³-hybridized carbons (Fsp3) is 0.407. The molecule has 6 aromatic carbocycles. The van der Waals surface area contributed by atoms with Gasteiger partial charge in [0, 0.05) is 63.5 Å². The molecule has 6 aliphatic rings. The maximum atomic E-state index is 15.6. The highest BCUT2D eigenvalue weighted by Crippen LogP contribution is 2.35. The van der Waals surface area contributed by atoms with Gasteiger partial charge >= 0.3 is 5.97 Å². The summed E-state index contributed by atoms with van der Waals surface area (Å²) in [7, 11) is -1.36. The second-order valence-electron chi connectivity index (χ2n) is 32.9. The standard InChI is InChI=1S/C86H101N17O15S/c1-50(87-9)76(105)93-74(85(3,4)5)82(111)100-46-63-42-71(100)80(109)90-68(39-54-19-25-56-15-11-13-17-58(56)36-54)73(104)41-60(78(107)97-119(115,116)67-31-33-89-34-32-67)35-52-21-27-65(28-22-52)117-48-61-45-103(99-95-61)64-43-72(101(47-64)83(112)75(86(6,7)8)94-77(106)51(2)88-10)81(110)91-69(40-55-20-26-57-16-12-14-18-59(57)37-55)79(108)92-70(84(113)114)38-53-23-29-66(30-24-53)118-49-62-44-102(63)98-96-62/h11-34,36-37,44-45,50-51,60,63-64,68-72,74-75,87-88H,35,38-43,46-49H2,1-10H3,(H,90,109)(H,91,110)(H,92,108)(H,93,105)(H,94,106)(H,97,107)(H,113,114)/t50-,51-,60+,63-,64-,68-,69-,70-,71-,72-,74+,75+/m0/s1. The Bertz CT molecular complexity index is 5340. The van der Waals surface area contributed by atoms with Crippen molar-refractivity contribution in [2.75, 3.05) is 27.2 Å². The normalized spacial score (nSPS) is 21.1. The van der Waals surface area contributed by atoms with E-state index in [1.807, 2.05) is 78.9 Å². The van der Waals surface area contributed by atoms with E-state index < -0.39 is 159 Å². The number of amides is 8. The molecule has 2 saturated heterocycles. The van der Waals surface area contributed by atoms with Gasteiger partial charge < -0.3 is 61.6 Å². The van der Waals surface area contributed by atoms with Crippen molar-refractivity contribution in [2.24, 2.45) is 16.7 Å². The van der Waals surface area contributed by atoms with Crippen LogP contribution in [0.3, 0.4) is 0 Å². The molecule has 3 aromatic heterocycles. The van der Waals surface area contributed by atoms with Gasteiger partial charge in [0.2, 0.25) is 47.3 Å². The first-order valence-corrected chi connectivity index (χ1v) is 41.1. The zero-order valence-electron chi connectivity index (χ0n) is 68.0. The number of carbonyl (C=O) groups excluding carboxylic acids is 9. The molecule has 0 unspecified atom stereocenters. The number of carboxylic acids is 1. The summed E-state index contributed by atoms with van der Waals surface area (Å²) in [4.78, 5) is 154. The average molecular weight is 1640 g/mol. The van der Waals surface area contributed by atoms with E-state index in [0.29, 0.717) is 45.1 Å². The number of ether oxygens (including phenoxy) is 2. The third-order valence-corrected chi connectivity index (χ3v) is 23.4. The minimum absolute atomic E-state index is 0.0668. The van der Waals surface area contributed by atoms with Crippen LogP contribution in [0.2, 0.25) is 0 Å². The number of likely N-dealkylation sites (N-methyl/N-ethyl adjacent to an activating group) is 2. The molecule has 9 aromatic rings. The van der Waals surface area contributed by atoms with Crippen LogP contribution in [-0.2, 0) is 96.9 Å². The van der Waals surface area contributed by atoms with Crippen molar-refractivity contribution < 1.29 is 70.9 Å². The molecule has 626 valence electrons. The van der Waals surface area contributed by atoms with Gasteiger partial charge in [-0.2, -0.15) is 0 Å². The molecule has 0 saturated carbocycles. The predicted octanol–water partition coefficient (Wildman–Crippen LogP) is 5.19. The lowest BCUT2D eigenvalue weighted by atomic mass is 9.85. The fourth-order valence-electron chi connectivity index (χ4n) is 14.9.